The molecule has 3 rings (SSSR count). The number of carboxylic acid groups (broad SMARTS) is 1. The van der Waals surface area contributed by atoms with Crippen LogP contribution in [0.5, 0.6) is 0 Å². The van der Waals surface area contributed by atoms with Crippen molar-refractivity contribution in [2.75, 3.05) is 0 Å². The molecular formula is C14H13N4NaO2. The molecule has 0 aromatic carbocycles. The summed E-state index contributed by atoms with van der Waals surface area (Å²) in [5.74, 6) is -1.03. The molecule has 0 aliphatic carbocycles. The maximum atomic E-state index is 11.2. The third-order valence-corrected chi connectivity index (χ3v) is 3.04. The summed E-state index contributed by atoms with van der Waals surface area (Å²) in [5.41, 5.74) is 2.71. The number of rotatable bonds is 3. The van der Waals surface area contributed by atoms with E-state index in [1.165, 1.54) is 10.7 Å². The van der Waals surface area contributed by atoms with Crippen molar-refractivity contribution in [3.05, 3.63) is 47.9 Å². The van der Waals surface area contributed by atoms with E-state index in [-0.39, 0.29) is 35.1 Å². The van der Waals surface area contributed by atoms with Crippen molar-refractivity contribution >= 4 is 41.2 Å². The van der Waals surface area contributed by atoms with Crippen LogP contribution in [0, 0.1) is 0 Å². The van der Waals surface area contributed by atoms with Crippen LogP contribution in [0.15, 0.2) is 36.7 Å². The SMILES string of the molecule is CCc1cc(-c2ccccn2)n2ncc(C(=O)O)c2n1.[NaH]. The predicted molar refractivity (Wildman–Crippen MR) is 79.7 cm³/mol. The molecule has 0 amide bonds. The van der Waals surface area contributed by atoms with Crippen LogP contribution >= 0.6 is 0 Å². The predicted octanol–water partition coefficient (Wildman–Crippen LogP) is 1.40. The van der Waals surface area contributed by atoms with Gasteiger partial charge >= 0.3 is 35.5 Å². The molecule has 0 unspecified atom stereocenters. The molecule has 0 aliphatic heterocycles. The number of carboxylic acids is 1. The molecule has 21 heavy (non-hydrogen) atoms. The van der Waals surface area contributed by atoms with E-state index in [1.807, 2.05) is 31.2 Å². The molecular weight excluding hydrogens is 279 g/mol. The Bertz CT molecular complexity index is 786. The van der Waals surface area contributed by atoms with Crippen molar-refractivity contribution in [3.63, 3.8) is 0 Å². The van der Waals surface area contributed by atoms with Gasteiger partial charge < -0.3 is 5.11 Å². The van der Waals surface area contributed by atoms with Gasteiger partial charge in [0, 0.05) is 11.9 Å². The molecule has 3 aromatic rings. The first-order valence-electron chi connectivity index (χ1n) is 6.23. The van der Waals surface area contributed by atoms with E-state index in [4.69, 9.17) is 0 Å². The van der Waals surface area contributed by atoms with E-state index in [1.54, 1.807) is 6.20 Å². The van der Waals surface area contributed by atoms with Crippen molar-refractivity contribution in [1.82, 2.24) is 19.6 Å². The van der Waals surface area contributed by atoms with Gasteiger partial charge in [0.25, 0.3) is 0 Å². The second-order valence-electron chi connectivity index (χ2n) is 4.30. The van der Waals surface area contributed by atoms with E-state index in [0.29, 0.717) is 12.1 Å². The molecule has 0 saturated carbocycles. The van der Waals surface area contributed by atoms with Crippen molar-refractivity contribution in [3.8, 4) is 11.4 Å². The maximum absolute atomic E-state index is 11.2. The average Bonchev–Trinajstić information content (AvgIpc) is 2.91. The Morgan fingerprint density at radius 1 is 1.38 bits per heavy atom. The summed E-state index contributed by atoms with van der Waals surface area (Å²) in [5, 5.41) is 13.3. The first-order valence-corrected chi connectivity index (χ1v) is 6.23. The minimum absolute atomic E-state index is 0. The molecule has 7 heteroatoms. The van der Waals surface area contributed by atoms with E-state index in [9.17, 15) is 9.90 Å². The number of aromatic carboxylic acids is 1. The van der Waals surface area contributed by atoms with Gasteiger partial charge in [-0.2, -0.15) is 5.10 Å². The Kier molecular flexibility index (Phi) is 4.72. The van der Waals surface area contributed by atoms with Crippen LogP contribution in [0.4, 0.5) is 0 Å². The van der Waals surface area contributed by atoms with E-state index in [2.05, 4.69) is 15.1 Å². The molecule has 6 nitrogen and oxygen atoms in total. The van der Waals surface area contributed by atoms with Crippen LogP contribution in [0.1, 0.15) is 23.0 Å². The number of nitrogens with zero attached hydrogens (tertiary/aromatic N) is 4. The number of hydrogen-bond acceptors (Lipinski definition) is 4. The van der Waals surface area contributed by atoms with Crippen LogP contribution in [-0.4, -0.2) is 60.2 Å². The second kappa shape index (κ2) is 6.34. The summed E-state index contributed by atoms with van der Waals surface area (Å²) in [6, 6.07) is 7.44. The van der Waals surface area contributed by atoms with E-state index in [0.717, 1.165) is 17.1 Å². The minimum atomic E-state index is -1.03. The van der Waals surface area contributed by atoms with Crippen LogP contribution in [0.25, 0.3) is 17.0 Å². The van der Waals surface area contributed by atoms with Crippen LogP contribution in [-0.2, 0) is 6.42 Å². The number of pyridine rings is 1. The summed E-state index contributed by atoms with van der Waals surface area (Å²) >= 11 is 0. The first kappa shape index (κ1) is 15.6. The Morgan fingerprint density at radius 3 is 2.81 bits per heavy atom. The number of hydrogen-bond donors (Lipinski definition) is 1. The van der Waals surface area contributed by atoms with Gasteiger partial charge in [-0.1, -0.05) is 13.0 Å². The van der Waals surface area contributed by atoms with Gasteiger partial charge in [-0.3, -0.25) is 4.98 Å². The van der Waals surface area contributed by atoms with Gasteiger partial charge in [0.15, 0.2) is 5.65 Å². The fourth-order valence-electron chi connectivity index (χ4n) is 2.04. The van der Waals surface area contributed by atoms with E-state index < -0.39 is 5.97 Å². The molecule has 0 aliphatic rings. The average molecular weight is 292 g/mol. The molecule has 0 radical (unpaired) electrons. The third kappa shape index (κ3) is 2.83. The zero-order valence-electron chi connectivity index (χ0n) is 10.8. The standard InChI is InChI=1S/C14H12N4O2.Na.H/c1-2-9-7-12(11-5-3-4-6-15-11)18-13(17-9)10(8-16-18)14(19)20;;/h3-8H,2H2,1H3,(H,19,20);;. The second-order valence-corrected chi connectivity index (χ2v) is 4.30. The number of fused-ring (bicyclic) bond motifs is 1. The number of carbonyl (C=O) groups is 1. The summed E-state index contributed by atoms with van der Waals surface area (Å²) < 4.78 is 1.52. The van der Waals surface area contributed by atoms with Crippen LogP contribution < -0.4 is 0 Å². The normalized spacial score (nSPS) is 10.3. The molecule has 102 valence electrons. The Balaban J connectivity index is 0.00000161. The Hall–Kier alpha value is -1.76. The van der Waals surface area contributed by atoms with Crippen molar-refractivity contribution in [2.24, 2.45) is 0 Å². The van der Waals surface area contributed by atoms with Gasteiger partial charge in [-0.15, -0.1) is 0 Å². The van der Waals surface area contributed by atoms with Crippen molar-refractivity contribution in [1.29, 1.82) is 0 Å². The van der Waals surface area contributed by atoms with Gasteiger partial charge in [0.2, 0.25) is 0 Å². The van der Waals surface area contributed by atoms with Gasteiger partial charge in [-0.25, -0.2) is 14.3 Å². The number of aryl methyl sites for hydroxylation is 1. The van der Waals surface area contributed by atoms with Crippen molar-refractivity contribution < 1.29 is 9.90 Å². The molecule has 1 N–H and O–H groups in total. The van der Waals surface area contributed by atoms with Gasteiger partial charge in [-0.05, 0) is 24.6 Å². The summed E-state index contributed by atoms with van der Waals surface area (Å²) in [6.45, 7) is 1.97. The van der Waals surface area contributed by atoms with Crippen LogP contribution in [0.2, 0.25) is 0 Å². The molecule has 3 aromatic heterocycles. The molecule has 0 fully saturated rings. The zero-order chi connectivity index (χ0) is 14.1. The molecule has 0 spiro atoms. The fourth-order valence-corrected chi connectivity index (χ4v) is 2.04. The van der Waals surface area contributed by atoms with E-state index >= 15 is 0 Å². The monoisotopic (exact) mass is 292 g/mol. The Labute approximate surface area is 143 Å². The van der Waals surface area contributed by atoms with Crippen molar-refractivity contribution in [2.45, 2.75) is 13.3 Å². The summed E-state index contributed by atoms with van der Waals surface area (Å²) in [6.07, 6.45) is 3.71. The number of aromatic nitrogens is 4. The molecule has 0 bridgehead atoms. The van der Waals surface area contributed by atoms with Gasteiger partial charge in [0.05, 0.1) is 17.6 Å². The summed E-state index contributed by atoms with van der Waals surface area (Å²) in [7, 11) is 0. The first-order chi connectivity index (χ1) is 9.70. The third-order valence-electron chi connectivity index (χ3n) is 3.04. The Morgan fingerprint density at radius 2 is 2.19 bits per heavy atom. The summed E-state index contributed by atoms with van der Waals surface area (Å²) in [4.78, 5) is 19.9. The quantitative estimate of drug-likeness (QED) is 0.738. The zero-order valence-corrected chi connectivity index (χ0v) is 10.8. The fraction of sp³-hybridized carbons (Fsp3) is 0.143. The topological polar surface area (TPSA) is 80.4 Å². The molecule has 0 atom stereocenters. The van der Waals surface area contributed by atoms with Crippen LogP contribution in [0.3, 0.4) is 0 Å². The van der Waals surface area contributed by atoms with Gasteiger partial charge in [0.1, 0.15) is 5.56 Å². The molecule has 0 saturated heterocycles. The molecule has 3 heterocycles.